The first-order valence-corrected chi connectivity index (χ1v) is 9.15. The van der Waals surface area contributed by atoms with Crippen molar-refractivity contribution in [2.24, 2.45) is 7.05 Å². The number of nitro groups is 1. The summed E-state index contributed by atoms with van der Waals surface area (Å²) >= 11 is 0. The number of non-ortho nitro benzene ring substituents is 1. The van der Waals surface area contributed by atoms with Gasteiger partial charge in [0.1, 0.15) is 0 Å². The predicted octanol–water partition coefficient (Wildman–Crippen LogP) is 2.30. The first kappa shape index (κ1) is 18.9. The molecule has 8 heteroatoms. The number of aryl methyl sites for hydroxylation is 1. The van der Waals surface area contributed by atoms with Crippen molar-refractivity contribution in [2.45, 2.75) is 18.9 Å². The van der Waals surface area contributed by atoms with Crippen LogP contribution in [0.5, 0.6) is 0 Å². The topological polar surface area (TPSA) is 92.4 Å². The molecular formula is C19H25N5O3. The van der Waals surface area contributed by atoms with E-state index >= 15 is 0 Å². The lowest BCUT2D eigenvalue weighted by molar-refractivity contribution is -0.384. The van der Waals surface area contributed by atoms with E-state index in [1.165, 1.54) is 17.8 Å². The van der Waals surface area contributed by atoms with Crippen LogP contribution in [-0.2, 0) is 11.8 Å². The number of anilines is 1. The van der Waals surface area contributed by atoms with E-state index in [1.54, 1.807) is 12.1 Å². The third-order valence-corrected chi connectivity index (χ3v) is 4.89. The van der Waals surface area contributed by atoms with Crippen LogP contribution in [0.25, 0.3) is 0 Å². The molecule has 1 aromatic carbocycles. The van der Waals surface area contributed by atoms with Crippen molar-refractivity contribution in [2.75, 3.05) is 31.5 Å². The molecule has 0 bridgehead atoms. The molecule has 1 aliphatic rings. The van der Waals surface area contributed by atoms with Gasteiger partial charge in [-0.15, -0.1) is 0 Å². The van der Waals surface area contributed by atoms with Crippen molar-refractivity contribution in [1.82, 2.24) is 14.8 Å². The van der Waals surface area contributed by atoms with Crippen molar-refractivity contribution in [3.8, 4) is 0 Å². The average molecular weight is 371 g/mol. The largest absolute Gasteiger partial charge is 0.383 e. The molecule has 2 N–H and O–H groups in total. The molecule has 1 amide bonds. The Labute approximate surface area is 158 Å². The fourth-order valence-corrected chi connectivity index (χ4v) is 3.52. The zero-order chi connectivity index (χ0) is 19.2. The number of likely N-dealkylation sites (tertiary alicyclic amines) is 1. The molecule has 0 radical (unpaired) electrons. The summed E-state index contributed by atoms with van der Waals surface area (Å²) in [5.74, 6) is 0.0154. The van der Waals surface area contributed by atoms with Gasteiger partial charge >= 0.3 is 0 Å². The molecule has 3 rings (SSSR count). The van der Waals surface area contributed by atoms with Gasteiger partial charge in [0, 0.05) is 49.8 Å². The van der Waals surface area contributed by atoms with E-state index in [9.17, 15) is 14.9 Å². The molecule has 2 aromatic rings. The van der Waals surface area contributed by atoms with E-state index < -0.39 is 4.92 Å². The SMILES string of the molecule is Cn1cccc1[C@@H]1CCCN1CC(=O)NCCNc1ccc([N+](=O)[O-])cc1. The molecule has 1 saturated heterocycles. The molecule has 0 unspecified atom stereocenters. The van der Waals surface area contributed by atoms with E-state index in [0.717, 1.165) is 25.1 Å². The van der Waals surface area contributed by atoms with E-state index in [0.29, 0.717) is 25.7 Å². The summed E-state index contributed by atoms with van der Waals surface area (Å²) in [5.41, 5.74) is 2.10. The number of hydrogen-bond acceptors (Lipinski definition) is 5. The summed E-state index contributed by atoms with van der Waals surface area (Å²) in [5, 5.41) is 16.7. The van der Waals surface area contributed by atoms with Crippen LogP contribution in [-0.4, -0.2) is 46.5 Å². The summed E-state index contributed by atoms with van der Waals surface area (Å²) in [7, 11) is 2.04. The molecule has 8 nitrogen and oxygen atoms in total. The second-order valence-electron chi connectivity index (χ2n) is 6.75. The predicted molar refractivity (Wildman–Crippen MR) is 104 cm³/mol. The molecule has 144 valence electrons. The molecule has 0 spiro atoms. The Balaban J connectivity index is 1.40. The van der Waals surface area contributed by atoms with Gasteiger partial charge < -0.3 is 15.2 Å². The highest BCUT2D eigenvalue weighted by Gasteiger charge is 2.28. The number of rotatable bonds is 8. The van der Waals surface area contributed by atoms with Crippen LogP contribution in [0.1, 0.15) is 24.6 Å². The van der Waals surface area contributed by atoms with Crippen LogP contribution >= 0.6 is 0 Å². The van der Waals surface area contributed by atoms with Gasteiger partial charge in [-0.25, -0.2) is 0 Å². The highest BCUT2D eigenvalue weighted by Crippen LogP contribution is 2.31. The molecule has 1 aliphatic heterocycles. The van der Waals surface area contributed by atoms with Crippen molar-refractivity contribution in [3.63, 3.8) is 0 Å². The van der Waals surface area contributed by atoms with Crippen LogP contribution in [0.4, 0.5) is 11.4 Å². The Morgan fingerprint density at radius 2 is 2.04 bits per heavy atom. The number of carbonyl (C=O) groups excluding carboxylic acids is 1. The van der Waals surface area contributed by atoms with Gasteiger partial charge in [0.25, 0.3) is 5.69 Å². The minimum Gasteiger partial charge on any atom is -0.383 e. The van der Waals surface area contributed by atoms with E-state index in [-0.39, 0.29) is 11.6 Å². The summed E-state index contributed by atoms with van der Waals surface area (Å²) in [6.07, 6.45) is 4.22. The minimum absolute atomic E-state index is 0.0154. The number of nitrogens with zero attached hydrogens (tertiary/aromatic N) is 3. The van der Waals surface area contributed by atoms with Crippen LogP contribution in [0.15, 0.2) is 42.6 Å². The highest BCUT2D eigenvalue weighted by atomic mass is 16.6. The molecule has 1 fully saturated rings. The van der Waals surface area contributed by atoms with E-state index in [2.05, 4.69) is 26.2 Å². The number of amides is 1. The summed E-state index contributed by atoms with van der Waals surface area (Å²) in [6.45, 7) is 2.39. The second kappa shape index (κ2) is 8.68. The smallest absolute Gasteiger partial charge is 0.269 e. The van der Waals surface area contributed by atoms with Crippen LogP contribution in [0.2, 0.25) is 0 Å². The maximum atomic E-state index is 12.3. The fourth-order valence-electron chi connectivity index (χ4n) is 3.52. The van der Waals surface area contributed by atoms with Gasteiger partial charge in [0.05, 0.1) is 17.5 Å². The van der Waals surface area contributed by atoms with Gasteiger partial charge in [0.2, 0.25) is 5.91 Å². The summed E-state index contributed by atoms with van der Waals surface area (Å²) in [6, 6.07) is 10.7. The normalized spacial score (nSPS) is 17.0. The third kappa shape index (κ3) is 4.85. The summed E-state index contributed by atoms with van der Waals surface area (Å²) < 4.78 is 2.12. The van der Waals surface area contributed by atoms with Crippen LogP contribution in [0, 0.1) is 10.1 Å². The second-order valence-corrected chi connectivity index (χ2v) is 6.75. The molecule has 2 heterocycles. The van der Waals surface area contributed by atoms with Gasteiger partial charge in [-0.3, -0.25) is 19.8 Å². The van der Waals surface area contributed by atoms with Crippen molar-refractivity contribution >= 4 is 17.3 Å². The Bertz CT molecular complexity index is 787. The first-order chi connectivity index (χ1) is 13.0. The fraction of sp³-hybridized carbons (Fsp3) is 0.421. The number of carbonyl (C=O) groups is 1. The van der Waals surface area contributed by atoms with E-state index in [4.69, 9.17) is 0 Å². The maximum absolute atomic E-state index is 12.3. The van der Waals surface area contributed by atoms with Gasteiger partial charge in [0.15, 0.2) is 0 Å². The number of aromatic nitrogens is 1. The monoisotopic (exact) mass is 371 g/mol. The van der Waals surface area contributed by atoms with Crippen molar-refractivity contribution < 1.29 is 9.72 Å². The zero-order valence-electron chi connectivity index (χ0n) is 15.4. The Hall–Kier alpha value is -2.87. The summed E-state index contributed by atoms with van der Waals surface area (Å²) in [4.78, 5) is 24.7. The van der Waals surface area contributed by atoms with Crippen molar-refractivity contribution in [3.05, 3.63) is 58.4 Å². The Morgan fingerprint density at radius 1 is 1.26 bits per heavy atom. The molecule has 0 aliphatic carbocycles. The highest BCUT2D eigenvalue weighted by molar-refractivity contribution is 5.78. The number of nitrogens with one attached hydrogen (secondary N) is 2. The Morgan fingerprint density at radius 3 is 2.70 bits per heavy atom. The number of nitro benzene ring substituents is 1. The first-order valence-electron chi connectivity index (χ1n) is 9.15. The number of hydrogen-bond donors (Lipinski definition) is 2. The van der Waals surface area contributed by atoms with Crippen LogP contribution in [0.3, 0.4) is 0 Å². The van der Waals surface area contributed by atoms with Crippen LogP contribution < -0.4 is 10.6 Å². The maximum Gasteiger partial charge on any atom is 0.269 e. The lowest BCUT2D eigenvalue weighted by atomic mass is 10.1. The van der Waals surface area contributed by atoms with Gasteiger partial charge in [-0.05, 0) is 43.7 Å². The van der Waals surface area contributed by atoms with E-state index in [1.807, 2.05) is 19.3 Å². The lowest BCUT2D eigenvalue weighted by Gasteiger charge is -2.24. The molecular weight excluding hydrogens is 346 g/mol. The third-order valence-electron chi connectivity index (χ3n) is 4.89. The number of benzene rings is 1. The lowest BCUT2D eigenvalue weighted by Crippen LogP contribution is -2.39. The molecule has 1 aromatic heterocycles. The van der Waals surface area contributed by atoms with Gasteiger partial charge in [-0.1, -0.05) is 0 Å². The van der Waals surface area contributed by atoms with Gasteiger partial charge in [-0.2, -0.15) is 0 Å². The average Bonchev–Trinajstić information content (AvgIpc) is 3.27. The quantitative estimate of drug-likeness (QED) is 0.422. The zero-order valence-corrected chi connectivity index (χ0v) is 15.4. The van der Waals surface area contributed by atoms with Crippen molar-refractivity contribution in [1.29, 1.82) is 0 Å². The molecule has 1 atom stereocenters. The molecule has 27 heavy (non-hydrogen) atoms. The molecule has 0 saturated carbocycles. The Kier molecular flexibility index (Phi) is 6.08. The minimum atomic E-state index is -0.426. The standard InChI is InChI=1S/C19H25N5O3/c1-22-12-2-4-17(22)18-5-3-13-23(18)14-19(25)21-11-10-20-15-6-8-16(9-7-15)24(26)27/h2,4,6-9,12,18,20H,3,5,10-11,13-14H2,1H3,(H,21,25)/t18-/m0/s1.